The highest BCUT2D eigenvalue weighted by Gasteiger charge is 2.41. The number of hydrogen-bond acceptors (Lipinski definition) is 3. The maximum atomic E-state index is 10.6. The summed E-state index contributed by atoms with van der Waals surface area (Å²) >= 11 is 0. The van der Waals surface area contributed by atoms with Crippen molar-refractivity contribution in [2.24, 2.45) is 5.41 Å². The Bertz CT molecular complexity index is 426. The molecule has 1 aromatic rings. The van der Waals surface area contributed by atoms with Crippen LogP contribution in [0.5, 0.6) is 0 Å². The fourth-order valence-corrected chi connectivity index (χ4v) is 2.89. The van der Waals surface area contributed by atoms with E-state index in [4.69, 9.17) is 0 Å². The molecule has 4 nitrogen and oxygen atoms in total. The molecule has 0 saturated heterocycles. The SMILES string of the molecule is CCCn1nccc1C(O)C1(C#N)CCCCC1. The minimum absolute atomic E-state index is 0.607. The van der Waals surface area contributed by atoms with Gasteiger partial charge in [-0.1, -0.05) is 26.2 Å². The monoisotopic (exact) mass is 247 g/mol. The van der Waals surface area contributed by atoms with E-state index in [-0.39, 0.29) is 0 Å². The fraction of sp³-hybridized carbons (Fsp3) is 0.714. The molecule has 1 atom stereocenters. The molecule has 0 spiro atoms. The Morgan fingerprint density at radius 3 is 2.83 bits per heavy atom. The Labute approximate surface area is 108 Å². The van der Waals surface area contributed by atoms with Gasteiger partial charge in [0.1, 0.15) is 6.10 Å². The van der Waals surface area contributed by atoms with Gasteiger partial charge in [-0.15, -0.1) is 0 Å². The molecular weight excluding hydrogens is 226 g/mol. The summed E-state index contributed by atoms with van der Waals surface area (Å²) in [5, 5.41) is 24.3. The molecule has 0 aromatic carbocycles. The Balaban J connectivity index is 2.25. The average molecular weight is 247 g/mol. The molecule has 1 aliphatic rings. The van der Waals surface area contributed by atoms with Crippen LogP contribution in [0.1, 0.15) is 57.2 Å². The lowest BCUT2D eigenvalue weighted by Gasteiger charge is -2.35. The van der Waals surface area contributed by atoms with E-state index in [0.29, 0.717) is 0 Å². The Morgan fingerprint density at radius 2 is 2.22 bits per heavy atom. The first-order valence-corrected chi connectivity index (χ1v) is 6.84. The number of rotatable bonds is 4. The zero-order valence-electron chi connectivity index (χ0n) is 11.0. The van der Waals surface area contributed by atoms with Crippen LogP contribution in [-0.4, -0.2) is 14.9 Å². The van der Waals surface area contributed by atoms with Crippen molar-refractivity contribution in [2.75, 3.05) is 0 Å². The molecule has 98 valence electrons. The van der Waals surface area contributed by atoms with E-state index in [0.717, 1.165) is 44.3 Å². The first-order valence-electron chi connectivity index (χ1n) is 6.84. The van der Waals surface area contributed by atoms with E-state index in [1.165, 1.54) is 6.42 Å². The number of aromatic nitrogens is 2. The molecule has 1 N–H and O–H groups in total. The summed E-state index contributed by atoms with van der Waals surface area (Å²) < 4.78 is 1.83. The standard InChI is InChI=1S/C14H21N3O/c1-2-10-17-12(6-9-16-17)13(18)14(11-15)7-4-3-5-8-14/h6,9,13,18H,2-5,7-8,10H2,1H3. The fourth-order valence-electron chi connectivity index (χ4n) is 2.89. The first kappa shape index (κ1) is 13.1. The molecule has 0 aliphatic heterocycles. The lowest BCUT2D eigenvalue weighted by atomic mass is 9.70. The molecule has 0 amide bonds. The van der Waals surface area contributed by atoms with Crippen molar-refractivity contribution in [2.45, 2.75) is 58.1 Å². The number of aliphatic hydroxyl groups is 1. The van der Waals surface area contributed by atoms with E-state index < -0.39 is 11.5 Å². The molecule has 4 heteroatoms. The Hall–Kier alpha value is -1.34. The number of nitrogens with zero attached hydrogens (tertiary/aromatic N) is 3. The van der Waals surface area contributed by atoms with Gasteiger partial charge in [0, 0.05) is 12.7 Å². The highest BCUT2D eigenvalue weighted by atomic mass is 16.3. The van der Waals surface area contributed by atoms with E-state index in [2.05, 4.69) is 18.1 Å². The van der Waals surface area contributed by atoms with Gasteiger partial charge in [0.05, 0.1) is 17.2 Å². The summed E-state index contributed by atoms with van der Waals surface area (Å²) in [5.41, 5.74) is 0.185. The van der Waals surface area contributed by atoms with Gasteiger partial charge in [-0.2, -0.15) is 10.4 Å². The van der Waals surface area contributed by atoms with Crippen LogP contribution in [0, 0.1) is 16.7 Å². The summed E-state index contributed by atoms with van der Waals surface area (Å²) in [5.74, 6) is 0. The molecule has 1 aliphatic carbocycles. The lowest BCUT2D eigenvalue weighted by molar-refractivity contribution is 0.0291. The van der Waals surface area contributed by atoms with Crippen molar-refractivity contribution in [3.05, 3.63) is 18.0 Å². The van der Waals surface area contributed by atoms with Crippen molar-refractivity contribution in [3.8, 4) is 6.07 Å². The van der Waals surface area contributed by atoms with Crippen molar-refractivity contribution in [1.29, 1.82) is 5.26 Å². The smallest absolute Gasteiger partial charge is 0.114 e. The number of nitriles is 1. The average Bonchev–Trinajstić information content (AvgIpc) is 2.87. The first-order chi connectivity index (χ1) is 8.73. The largest absolute Gasteiger partial charge is 0.385 e. The van der Waals surface area contributed by atoms with Crippen LogP contribution in [0.15, 0.2) is 12.3 Å². The van der Waals surface area contributed by atoms with Gasteiger partial charge in [-0.25, -0.2) is 0 Å². The van der Waals surface area contributed by atoms with Crippen LogP contribution in [0.25, 0.3) is 0 Å². The van der Waals surface area contributed by atoms with E-state index >= 15 is 0 Å². The second-order valence-electron chi connectivity index (χ2n) is 5.21. The Morgan fingerprint density at radius 1 is 1.50 bits per heavy atom. The van der Waals surface area contributed by atoms with Crippen molar-refractivity contribution < 1.29 is 5.11 Å². The Kier molecular flexibility index (Phi) is 4.03. The second kappa shape index (κ2) is 5.53. The van der Waals surface area contributed by atoms with E-state index in [1.54, 1.807) is 6.20 Å². The van der Waals surface area contributed by atoms with Crippen molar-refractivity contribution in [1.82, 2.24) is 9.78 Å². The molecule has 1 unspecified atom stereocenters. The highest BCUT2D eigenvalue weighted by molar-refractivity contribution is 5.16. The van der Waals surface area contributed by atoms with E-state index in [1.807, 2.05) is 10.7 Å². The predicted molar refractivity (Wildman–Crippen MR) is 68.6 cm³/mol. The van der Waals surface area contributed by atoms with Crippen LogP contribution in [-0.2, 0) is 6.54 Å². The van der Waals surface area contributed by atoms with Crippen LogP contribution < -0.4 is 0 Å². The molecule has 1 aromatic heterocycles. The second-order valence-corrected chi connectivity index (χ2v) is 5.21. The lowest BCUT2D eigenvalue weighted by Crippen LogP contribution is -2.31. The molecule has 0 bridgehead atoms. The van der Waals surface area contributed by atoms with Crippen LogP contribution in [0.4, 0.5) is 0 Å². The van der Waals surface area contributed by atoms with Gasteiger partial charge >= 0.3 is 0 Å². The molecular formula is C14H21N3O. The van der Waals surface area contributed by atoms with Gasteiger partial charge in [0.15, 0.2) is 0 Å². The van der Waals surface area contributed by atoms with Crippen LogP contribution in [0.2, 0.25) is 0 Å². The topological polar surface area (TPSA) is 61.8 Å². The minimum atomic E-state index is -0.711. The quantitative estimate of drug-likeness (QED) is 0.890. The van der Waals surface area contributed by atoms with Gasteiger partial charge < -0.3 is 5.11 Å². The van der Waals surface area contributed by atoms with Crippen LogP contribution in [0.3, 0.4) is 0 Å². The van der Waals surface area contributed by atoms with Gasteiger partial charge in [-0.3, -0.25) is 4.68 Å². The third kappa shape index (κ3) is 2.28. The van der Waals surface area contributed by atoms with Crippen molar-refractivity contribution in [3.63, 3.8) is 0 Å². The zero-order valence-corrected chi connectivity index (χ0v) is 11.0. The third-order valence-electron chi connectivity index (χ3n) is 3.96. The van der Waals surface area contributed by atoms with Crippen LogP contribution >= 0.6 is 0 Å². The highest BCUT2D eigenvalue weighted by Crippen LogP contribution is 2.45. The summed E-state index contributed by atoms with van der Waals surface area (Å²) in [6, 6.07) is 4.22. The van der Waals surface area contributed by atoms with Gasteiger partial charge in [0.2, 0.25) is 0 Å². The minimum Gasteiger partial charge on any atom is -0.385 e. The van der Waals surface area contributed by atoms with Gasteiger partial charge in [-0.05, 0) is 25.3 Å². The summed E-state index contributed by atoms with van der Waals surface area (Å²) in [7, 11) is 0. The maximum absolute atomic E-state index is 10.6. The molecule has 1 heterocycles. The van der Waals surface area contributed by atoms with Gasteiger partial charge in [0.25, 0.3) is 0 Å². The number of aryl methyl sites for hydroxylation is 1. The predicted octanol–water partition coefficient (Wildman–Crippen LogP) is 2.80. The maximum Gasteiger partial charge on any atom is 0.114 e. The summed E-state index contributed by atoms with van der Waals surface area (Å²) in [6.07, 6.45) is 6.80. The molecule has 1 fully saturated rings. The normalized spacial score (nSPS) is 20.3. The van der Waals surface area contributed by atoms with E-state index in [9.17, 15) is 10.4 Å². The summed E-state index contributed by atoms with van der Waals surface area (Å²) in [4.78, 5) is 0. The van der Waals surface area contributed by atoms with Crippen molar-refractivity contribution >= 4 is 0 Å². The molecule has 0 radical (unpaired) electrons. The zero-order chi connectivity index (χ0) is 13.0. The summed E-state index contributed by atoms with van der Waals surface area (Å²) in [6.45, 7) is 2.87. The third-order valence-corrected chi connectivity index (χ3v) is 3.96. The molecule has 2 rings (SSSR count). The molecule has 1 saturated carbocycles. The molecule has 18 heavy (non-hydrogen) atoms. The number of aliphatic hydroxyl groups excluding tert-OH is 1. The number of hydrogen-bond donors (Lipinski definition) is 1.